The first kappa shape index (κ1) is 11.1. The largest absolute Gasteiger partial charge is 0.481 e. The number of nitrogens with zero attached hydrogens (tertiary/aromatic N) is 1. The molecule has 5 nitrogen and oxygen atoms in total. The molecule has 1 saturated carbocycles. The monoisotopic (exact) mass is 246 g/mol. The number of carbonyl (C=O) groups excluding carboxylic acids is 1. The number of anilines is 2. The first-order valence-corrected chi connectivity index (χ1v) is 6.05. The molecule has 1 amide bonds. The molecular formula is C13H14N2O3. The number of aliphatic carboxylic acids is 1. The van der Waals surface area contributed by atoms with Crippen LogP contribution in [0.3, 0.4) is 0 Å². The highest BCUT2D eigenvalue weighted by atomic mass is 16.4. The zero-order chi connectivity index (χ0) is 12.7. The molecule has 1 heterocycles. The van der Waals surface area contributed by atoms with E-state index < -0.39 is 5.97 Å². The van der Waals surface area contributed by atoms with Gasteiger partial charge in [-0.25, -0.2) is 0 Å². The summed E-state index contributed by atoms with van der Waals surface area (Å²) in [7, 11) is 0. The number of rotatable bonds is 2. The second kappa shape index (κ2) is 4.01. The van der Waals surface area contributed by atoms with E-state index in [0.29, 0.717) is 6.42 Å². The normalized spacial score (nSPS) is 26.0. The predicted molar refractivity (Wildman–Crippen MR) is 66.6 cm³/mol. The second-order valence-electron chi connectivity index (χ2n) is 4.78. The lowest BCUT2D eigenvalue weighted by Gasteiger charge is -2.45. The fourth-order valence-corrected chi connectivity index (χ4v) is 2.70. The maximum Gasteiger partial charge on any atom is 0.308 e. The lowest BCUT2D eigenvalue weighted by Crippen LogP contribution is -2.54. The van der Waals surface area contributed by atoms with Crippen molar-refractivity contribution in [2.75, 3.05) is 16.8 Å². The Morgan fingerprint density at radius 3 is 2.78 bits per heavy atom. The number of fused-ring (bicyclic) bond motifs is 1. The molecule has 2 N–H and O–H groups in total. The Morgan fingerprint density at radius 2 is 2.11 bits per heavy atom. The summed E-state index contributed by atoms with van der Waals surface area (Å²) in [5.74, 6) is -1.21. The van der Waals surface area contributed by atoms with Crippen molar-refractivity contribution in [2.24, 2.45) is 5.92 Å². The van der Waals surface area contributed by atoms with Crippen molar-refractivity contribution >= 4 is 23.3 Å². The van der Waals surface area contributed by atoms with Crippen LogP contribution in [0.2, 0.25) is 0 Å². The lowest BCUT2D eigenvalue weighted by molar-refractivity contribution is -0.145. The van der Waals surface area contributed by atoms with Crippen LogP contribution in [0.1, 0.15) is 12.8 Å². The summed E-state index contributed by atoms with van der Waals surface area (Å²) in [6.45, 7) is 0.242. The molecule has 94 valence electrons. The third-order valence-electron chi connectivity index (χ3n) is 3.76. The molecule has 0 aromatic heterocycles. The van der Waals surface area contributed by atoms with E-state index in [1.54, 1.807) is 0 Å². The van der Waals surface area contributed by atoms with Crippen molar-refractivity contribution in [2.45, 2.75) is 18.9 Å². The quantitative estimate of drug-likeness (QED) is 0.825. The van der Waals surface area contributed by atoms with Crippen LogP contribution >= 0.6 is 0 Å². The smallest absolute Gasteiger partial charge is 0.308 e. The van der Waals surface area contributed by atoms with Gasteiger partial charge in [0.2, 0.25) is 5.91 Å². The van der Waals surface area contributed by atoms with Crippen LogP contribution in [0, 0.1) is 5.92 Å². The minimum atomic E-state index is -0.769. The van der Waals surface area contributed by atoms with Gasteiger partial charge in [0.1, 0.15) is 0 Å². The molecule has 2 atom stereocenters. The molecule has 1 fully saturated rings. The fourth-order valence-electron chi connectivity index (χ4n) is 2.70. The minimum absolute atomic E-state index is 0.0605. The van der Waals surface area contributed by atoms with E-state index in [1.165, 1.54) is 0 Å². The Morgan fingerprint density at radius 1 is 1.33 bits per heavy atom. The molecule has 3 rings (SSSR count). The van der Waals surface area contributed by atoms with E-state index in [-0.39, 0.29) is 24.4 Å². The minimum Gasteiger partial charge on any atom is -0.481 e. The number of carboxylic acid groups (broad SMARTS) is 1. The lowest BCUT2D eigenvalue weighted by atomic mass is 9.78. The summed E-state index contributed by atoms with van der Waals surface area (Å²) < 4.78 is 0. The SMILES string of the molecule is O=C1CN(C2CCC2C(=O)O)c2ccccc2N1. The molecule has 1 aliphatic carbocycles. The Kier molecular flexibility index (Phi) is 2.47. The average Bonchev–Trinajstić information content (AvgIpc) is 2.26. The first-order valence-electron chi connectivity index (χ1n) is 6.05. The maximum absolute atomic E-state index is 11.7. The van der Waals surface area contributed by atoms with Gasteiger partial charge in [-0.15, -0.1) is 0 Å². The number of hydrogen-bond acceptors (Lipinski definition) is 3. The van der Waals surface area contributed by atoms with Crippen LogP contribution in [0.25, 0.3) is 0 Å². The van der Waals surface area contributed by atoms with Gasteiger partial charge in [0.05, 0.1) is 23.8 Å². The van der Waals surface area contributed by atoms with Crippen LogP contribution in [0.15, 0.2) is 24.3 Å². The Bertz CT molecular complexity index is 515. The van der Waals surface area contributed by atoms with E-state index in [1.807, 2.05) is 29.2 Å². The van der Waals surface area contributed by atoms with Crippen LogP contribution in [-0.4, -0.2) is 29.6 Å². The van der Waals surface area contributed by atoms with E-state index >= 15 is 0 Å². The van der Waals surface area contributed by atoms with Crippen LogP contribution in [0.5, 0.6) is 0 Å². The van der Waals surface area contributed by atoms with Crippen molar-refractivity contribution in [1.29, 1.82) is 0 Å². The molecule has 2 aliphatic rings. The van der Waals surface area contributed by atoms with Gasteiger partial charge < -0.3 is 15.3 Å². The molecule has 0 spiro atoms. The summed E-state index contributed by atoms with van der Waals surface area (Å²) in [6.07, 6.45) is 1.53. The standard InChI is InChI=1S/C13H14N2O3/c16-12-7-15(10-6-5-8(10)13(17)18)11-4-2-1-3-9(11)14-12/h1-4,8,10H,5-7H2,(H,14,16)(H,17,18). The molecule has 0 saturated heterocycles. The van der Waals surface area contributed by atoms with Gasteiger partial charge in [-0.1, -0.05) is 12.1 Å². The van der Waals surface area contributed by atoms with Gasteiger partial charge in [-0.05, 0) is 25.0 Å². The van der Waals surface area contributed by atoms with E-state index in [9.17, 15) is 9.59 Å². The Hall–Kier alpha value is -2.04. The van der Waals surface area contributed by atoms with Crippen molar-refractivity contribution in [3.05, 3.63) is 24.3 Å². The molecule has 0 bridgehead atoms. The Labute approximate surface area is 104 Å². The maximum atomic E-state index is 11.7. The molecule has 1 aromatic carbocycles. The summed E-state index contributed by atoms with van der Waals surface area (Å²) in [5.41, 5.74) is 1.69. The Balaban J connectivity index is 1.93. The number of carboxylic acids is 1. The highest BCUT2D eigenvalue weighted by Crippen LogP contribution is 2.39. The zero-order valence-corrected chi connectivity index (χ0v) is 9.80. The number of hydrogen-bond donors (Lipinski definition) is 2. The summed E-state index contributed by atoms with van der Waals surface area (Å²) >= 11 is 0. The third kappa shape index (κ3) is 1.63. The molecule has 2 unspecified atom stereocenters. The van der Waals surface area contributed by atoms with Gasteiger partial charge in [0.25, 0.3) is 0 Å². The molecular weight excluding hydrogens is 232 g/mol. The van der Waals surface area contributed by atoms with Gasteiger partial charge >= 0.3 is 5.97 Å². The van der Waals surface area contributed by atoms with Crippen LogP contribution < -0.4 is 10.2 Å². The summed E-state index contributed by atoms with van der Waals surface area (Å²) in [5, 5.41) is 11.9. The van der Waals surface area contributed by atoms with Crippen molar-refractivity contribution in [1.82, 2.24) is 0 Å². The third-order valence-corrected chi connectivity index (χ3v) is 3.76. The molecule has 5 heteroatoms. The molecule has 0 radical (unpaired) electrons. The zero-order valence-electron chi connectivity index (χ0n) is 9.80. The van der Waals surface area contributed by atoms with Crippen molar-refractivity contribution < 1.29 is 14.7 Å². The number of benzene rings is 1. The average molecular weight is 246 g/mol. The van der Waals surface area contributed by atoms with Gasteiger partial charge in [0.15, 0.2) is 0 Å². The van der Waals surface area contributed by atoms with Gasteiger partial charge in [0, 0.05) is 6.04 Å². The van der Waals surface area contributed by atoms with Crippen molar-refractivity contribution in [3.8, 4) is 0 Å². The number of carbonyl (C=O) groups is 2. The molecule has 18 heavy (non-hydrogen) atoms. The van der Waals surface area contributed by atoms with Crippen LogP contribution in [0.4, 0.5) is 11.4 Å². The number of para-hydroxylation sites is 2. The molecule has 1 aromatic rings. The predicted octanol–water partition coefficient (Wildman–Crippen LogP) is 1.31. The second-order valence-corrected chi connectivity index (χ2v) is 4.78. The van der Waals surface area contributed by atoms with E-state index in [4.69, 9.17) is 5.11 Å². The summed E-state index contributed by atoms with van der Waals surface area (Å²) in [6, 6.07) is 7.46. The highest BCUT2D eigenvalue weighted by Gasteiger charge is 2.42. The van der Waals surface area contributed by atoms with Crippen LogP contribution in [-0.2, 0) is 9.59 Å². The fraction of sp³-hybridized carbons (Fsp3) is 0.385. The van der Waals surface area contributed by atoms with E-state index in [0.717, 1.165) is 17.8 Å². The van der Waals surface area contributed by atoms with E-state index in [2.05, 4.69) is 5.32 Å². The first-order chi connectivity index (χ1) is 8.66. The topological polar surface area (TPSA) is 69.6 Å². The number of nitrogens with one attached hydrogen (secondary N) is 1. The number of amides is 1. The highest BCUT2D eigenvalue weighted by molar-refractivity contribution is 6.01. The molecule has 1 aliphatic heterocycles. The van der Waals surface area contributed by atoms with Gasteiger partial charge in [-0.3, -0.25) is 9.59 Å². The van der Waals surface area contributed by atoms with Crippen molar-refractivity contribution in [3.63, 3.8) is 0 Å². The summed E-state index contributed by atoms with van der Waals surface area (Å²) in [4.78, 5) is 24.7. The van der Waals surface area contributed by atoms with Gasteiger partial charge in [-0.2, -0.15) is 0 Å².